The molecule has 0 bridgehead atoms. The van der Waals surface area contributed by atoms with E-state index in [0.717, 1.165) is 27.6 Å². The van der Waals surface area contributed by atoms with Gasteiger partial charge in [0.1, 0.15) is 4.60 Å². The minimum atomic E-state index is 0.732. The quantitative estimate of drug-likeness (QED) is 0.892. The maximum absolute atomic E-state index is 4.37. The van der Waals surface area contributed by atoms with Crippen LogP contribution in [0.4, 0.5) is 5.13 Å². The van der Waals surface area contributed by atoms with Crippen LogP contribution in [0, 0.1) is 11.8 Å². The van der Waals surface area contributed by atoms with Crippen LogP contribution in [0.5, 0.6) is 0 Å². The van der Waals surface area contributed by atoms with Gasteiger partial charge in [0.2, 0.25) is 0 Å². The van der Waals surface area contributed by atoms with E-state index >= 15 is 0 Å². The predicted molar refractivity (Wildman–Crippen MR) is 62.7 cm³/mol. The minimum absolute atomic E-state index is 0.732. The normalized spacial score (nSPS) is 35.1. The van der Waals surface area contributed by atoms with E-state index in [1.807, 2.05) is 5.38 Å². The number of hydrogen-bond acceptors (Lipinski definition) is 3. The smallest absolute Gasteiger partial charge is 0.183 e. The van der Waals surface area contributed by atoms with Gasteiger partial charge in [-0.2, -0.15) is 0 Å². The van der Waals surface area contributed by atoms with Crippen LogP contribution in [-0.2, 0) is 0 Å². The largest absolute Gasteiger partial charge is 0.358 e. The molecule has 4 heteroatoms. The fourth-order valence-corrected chi connectivity index (χ4v) is 3.86. The number of halogens is 1. The minimum Gasteiger partial charge on any atom is -0.358 e. The molecule has 2 aliphatic carbocycles. The molecule has 2 atom stereocenters. The third-order valence-electron chi connectivity index (χ3n) is 3.42. The fraction of sp³-hybridized carbons (Fsp3) is 0.700. The summed E-state index contributed by atoms with van der Waals surface area (Å²) < 4.78 is 0.952. The first-order valence-electron chi connectivity index (χ1n) is 5.22. The second-order valence-corrected chi connectivity index (χ2v) is 5.93. The van der Waals surface area contributed by atoms with Gasteiger partial charge in [-0.05, 0) is 40.6 Å². The molecular weight excluding hydrogens is 260 g/mol. The maximum atomic E-state index is 4.37. The summed E-state index contributed by atoms with van der Waals surface area (Å²) in [5, 5.41) is 6.67. The number of thiazole rings is 1. The van der Waals surface area contributed by atoms with Gasteiger partial charge in [0.25, 0.3) is 0 Å². The SMILES string of the molecule is Brc1csc(NC2C3CCCCC32)n1. The van der Waals surface area contributed by atoms with E-state index < -0.39 is 0 Å². The van der Waals surface area contributed by atoms with Crippen molar-refractivity contribution in [2.75, 3.05) is 5.32 Å². The highest BCUT2D eigenvalue weighted by atomic mass is 79.9. The van der Waals surface area contributed by atoms with Gasteiger partial charge < -0.3 is 5.32 Å². The Hall–Kier alpha value is -0.0900. The number of nitrogens with zero attached hydrogens (tertiary/aromatic N) is 1. The molecule has 1 aromatic heterocycles. The summed E-state index contributed by atoms with van der Waals surface area (Å²) in [5.41, 5.74) is 0. The van der Waals surface area contributed by atoms with E-state index in [2.05, 4.69) is 26.2 Å². The van der Waals surface area contributed by atoms with Gasteiger partial charge in [0.15, 0.2) is 5.13 Å². The molecule has 0 saturated heterocycles. The molecule has 0 spiro atoms. The lowest BCUT2D eigenvalue weighted by molar-refractivity contribution is 0.480. The summed E-state index contributed by atoms with van der Waals surface area (Å²) in [7, 11) is 0. The van der Waals surface area contributed by atoms with Crippen molar-refractivity contribution in [1.82, 2.24) is 4.98 Å². The Morgan fingerprint density at radius 3 is 2.64 bits per heavy atom. The third-order valence-corrected chi connectivity index (χ3v) is 4.91. The van der Waals surface area contributed by atoms with Crippen LogP contribution in [0.15, 0.2) is 9.98 Å². The Bertz CT molecular complexity index is 327. The fourth-order valence-electron chi connectivity index (χ4n) is 2.67. The molecule has 1 aromatic rings. The molecule has 2 aliphatic rings. The van der Waals surface area contributed by atoms with Crippen molar-refractivity contribution in [3.05, 3.63) is 9.98 Å². The standard InChI is InChI=1S/C10H13BrN2S/c11-8-5-14-10(12-8)13-9-6-3-1-2-4-7(6)9/h5-7,9H,1-4H2,(H,12,13). The van der Waals surface area contributed by atoms with Crippen LogP contribution in [0.2, 0.25) is 0 Å². The monoisotopic (exact) mass is 272 g/mol. The summed E-state index contributed by atoms with van der Waals surface area (Å²) in [4.78, 5) is 4.37. The van der Waals surface area contributed by atoms with E-state index in [1.165, 1.54) is 25.7 Å². The number of nitrogens with one attached hydrogen (secondary N) is 1. The number of fused-ring (bicyclic) bond motifs is 1. The van der Waals surface area contributed by atoms with Crippen LogP contribution in [0.1, 0.15) is 25.7 Å². The number of rotatable bonds is 2. The van der Waals surface area contributed by atoms with E-state index in [9.17, 15) is 0 Å². The topological polar surface area (TPSA) is 24.9 Å². The van der Waals surface area contributed by atoms with Crippen molar-refractivity contribution in [3.8, 4) is 0 Å². The Morgan fingerprint density at radius 2 is 2.07 bits per heavy atom. The highest BCUT2D eigenvalue weighted by Crippen LogP contribution is 2.51. The number of aromatic nitrogens is 1. The molecule has 0 aromatic carbocycles. The molecule has 14 heavy (non-hydrogen) atoms. The van der Waals surface area contributed by atoms with Gasteiger partial charge in [0.05, 0.1) is 0 Å². The molecule has 0 radical (unpaired) electrons. The zero-order valence-corrected chi connectivity index (χ0v) is 10.3. The van der Waals surface area contributed by atoms with Gasteiger partial charge in [-0.15, -0.1) is 11.3 Å². The van der Waals surface area contributed by atoms with E-state index in [4.69, 9.17) is 0 Å². The first-order chi connectivity index (χ1) is 6.84. The second kappa shape index (κ2) is 3.49. The van der Waals surface area contributed by atoms with E-state index in [0.29, 0.717) is 0 Å². The zero-order valence-electron chi connectivity index (χ0n) is 7.87. The van der Waals surface area contributed by atoms with Gasteiger partial charge in [0, 0.05) is 11.4 Å². The van der Waals surface area contributed by atoms with Gasteiger partial charge in [-0.3, -0.25) is 0 Å². The van der Waals surface area contributed by atoms with Gasteiger partial charge >= 0.3 is 0 Å². The number of hydrogen-bond donors (Lipinski definition) is 1. The highest BCUT2D eigenvalue weighted by Gasteiger charge is 2.50. The zero-order chi connectivity index (χ0) is 9.54. The third kappa shape index (κ3) is 1.58. The van der Waals surface area contributed by atoms with Gasteiger partial charge in [-0.1, -0.05) is 12.8 Å². The maximum Gasteiger partial charge on any atom is 0.183 e. The second-order valence-electron chi connectivity index (χ2n) is 4.26. The molecule has 3 rings (SSSR count). The molecule has 0 aliphatic heterocycles. The van der Waals surface area contributed by atoms with Crippen molar-refractivity contribution in [3.63, 3.8) is 0 Å². The first-order valence-corrected chi connectivity index (χ1v) is 6.89. The highest BCUT2D eigenvalue weighted by molar-refractivity contribution is 9.10. The summed E-state index contributed by atoms with van der Waals surface area (Å²) in [5.74, 6) is 1.90. The summed E-state index contributed by atoms with van der Waals surface area (Å²) >= 11 is 5.07. The Morgan fingerprint density at radius 1 is 1.36 bits per heavy atom. The molecule has 0 amide bonds. The van der Waals surface area contributed by atoms with E-state index in [1.54, 1.807) is 11.3 Å². The van der Waals surface area contributed by atoms with Crippen molar-refractivity contribution in [2.24, 2.45) is 11.8 Å². The first kappa shape index (κ1) is 9.16. The van der Waals surface area contributed by atoms with Gasteiger partial charge in [-0.25, -0.2) is 4.98 Å². The lowest BCUT2D eigenvalue weighted by Gasteiger charge is -2.04. The Balaban J connectivity index is 1.64. The summed E-state index contributed by atoms with van der Waals surface area (Å²) in [6.45, 7) is 0. The molecule has 1 heterocycles. The van der Waals surface area contributed by atoms with Crippen molar-refractivity contribution >= 4 is 32.4 Å². The van der Waals surface area contributed by atoms with Crippen LogP contribution in [-0.4, -0.2) is 11.0 Å². The predicted octanol–water partition coefficient (Wildman–Crippen LogP) is 3.51. The summed E-state index contributed by atoms with van der Waals surface area (Å²) in [6.07, 6.45) is 5.71. The number of anilines is 1. The van der Waals surface area contributed by atoms with Crippen molar-refractivity contribution in [1.29, 1.82) is 0 Å². The molecule has 2 nitrogen and oxygen atoms in total. The molecule has 2 fully saturated rings. The van der Waals surface area contributed by atoms with E-state index in [-0.39, 0.29) is 0 Å². The average Bonchev–Trinajstić information content (AvgIpc) is 2.72. The molecule has 76 valence electrons. The molecule has 2 saturated carbocycles. The van der Waals surface area contributed by atoms with Crippen LogP contribution >= 0.6 is 27.3 Å². The molecule has 1 N–H and O–H groups in total. The molecule has 2 unspecified atom stereocenters. The van der Waals surface area contributed by atoms with Crippen LogP contribution in [0.25, 0.3) is 0 Å². The van der Waals surface area contributed by atoms with Crippen molar-refractivity contribution in [2.45, 2.75) is 31.7 Å². The average molecular weight is 273 g/mol. The Kier molecular flexibility index (Phi) is 2.28. The molecular formula is C10H13BrN2S. The van der Waals surface area contributed by atoms with Crippen LogP contribution in [0.3, 0.4) is 0 Å². The van der Waals surface area contributed by atoms with Crippen LogP contribution < -0.4 is 5.32 Å². The lowest BCUT2D eigenvalue weighted by Crippen LogP contribution is -2.04. The lowest BCUT2D eigenvalue weighted by atomic mass is 10.0. The van der Waals surface area contributed by atoms with Crippen molar-refractivity contribution < 1.29 is 0 Å². The Labute approximate surface area is 96.3 Å². The summed E-state index contributed by atoms with van der Waals surface area (Å²) in [6, 6.07) is 0.732.